The molecule has 0 saturated carbocycles. The number of ether oxygens (including phenoxy) is 1. The van der Waals surface area contributed by atoms with Gasteiger partial charge in [-0.3, -0.25) is 9.48 Å². The first-order chi connectivity index (χ1) is 11.8. The van der Waals surface area contributed by atoms with Gasteiger partial charge in [0.15, 0.2) is 18.2 Å². The lowest BCUT2D eigenvalue weighted by atomic mass is 10.2. The van der Waals surface area contributed by atoms with Crippen LogP contribution in [0.3, 0.4) is 0 Å². The topological polar surface area (TPSA) is 73.2 Å². The summed E-state index contributed by atoms with van der Waals surface area (Å²) < 4.78 is 32.3. The summed E-state index contributed by atoms with van der Waals surface area (Å²) in [7, 11) is 1.79. The van der Waals surface area contributed by atoms with Crippen LogP contribution in [0.5, 0.6) is 0 Å². The van der Waals surface area contributed by atoms with Crippen LogP contribution in [0.2, 0.25) is 0 Å². The fourth-order valence-corrected chi connectivity index (χ4v) is 2.14. The molecule has 6 nitrogen and oxygen atoms in total. The third-order valence-corrected chi connectivity index (χ3v) is 3.50. The van der Waals surface area contributed by atoms with Crippen LogP contribution >= 0.6 is 0 Å². The van der Waals surface area contributed by atoms with Crippen molar-refractivity contribution in [1.29, 1.82) is 0 Å². The number of nitrogens with zero attached hydrogens (tertiary/aromatic N) is 2. The first kappa shape index (κ1) is 18.3. The van der Waals surface area contributed by atoms with Gasteiger partial charge < -0.3 is 10.1 Å². The molecule has 132 valence electrons. The van der Waals surface area contributed by atoms with E-state index >= 15 is 0 Å². The van der Waals surface area contributed by atoms with Crippen molar-refractivity contribution in [1.82, 2.24) is 9.78 Å². The highest BCUT2D eigenvalue weighted by atomic mass is 19.2. The summed E-state index contributed by atoms with van der Waals surface area (Å²) in [6, 6.07) is 2.92. The molecular weight excluding hydrogens is 332 g/mol. The van der Waals surface area contributed by atoms with Crippen molar-refractivity contribution in [3.8, 4) is 0 Å². The number of hydrogen-bond donors (Lipinski definition) is 1. The van der Waals surface area contributed by atoms with Gasteiger partial charge in [0.2, 0.25) is 0 Å². The van der Waals surface area contributed by atoms with Gasteiger partial charge >= 0.3 is 5.97 Å². The van der Waals surface area contributed by atoms with E-state index in [2.05, 4.69) is 10.4 Å². The molecule has 0 aliphatic heterocycles. The monoisotopic (exact) mass is 349 g/mol. The molecule has 0 fully saturated rings. The molecule has 25 heavy (non-hydrogen) atoms. The Labute approximate surface area is 143 Å². The second kappa shape index (κ2) is 7.69. The van der Waals surface area contributed by atoms with Crippen LogP contribution in [0.4, 0.5) is 14.5 Å². The third kappa shape index (κ3) is 4.72. The van der Waals surface area contributed by atoms with Crippen molar-refractivity contribution in [2.24, 2.45) is 7.05 Å². The average molecular weight is 349 g/mol. The standard InChI is InChI=1S/C17H17F2N3O3/c1-10-13(11(2)22(3)21-10)5-7-17(24)25-9-16(23)20-12-4-6-14(18)15(19)8-12/h4-8H,9H2,1-3H3,(H,20,23)/b7-5+. The third-order valence-electron chi connectivity index (χ3n) is 3.50. The summed E-state index contributed by atoms with van der Waals surface area (Å²) in [4.78, 5) is 23.3. The molecule has 1 N–H and O–H groups in total. The van der Waals surface area contributed by atoms with Gasteiger partial charge in [-0.15, -0.1) is 0 Å². The number of anilines is 1. The van der Waals surface area contributed by atoms with E-state index in [-0.39, 0.29) is 5.69 Å². The first-order valence-electron chi connectivity index (χ1n) is 7.38. The average Bonchev–Trinajstić information content (AvgIpc) is 2.79. The molecule has 0 spiro atoms. The molecule has 0 unspecified atom stereocenters. The zero-order chi connectivity index (χ0) is 18.6. The minimum atomic E-state index is -1.08. The number of nitrogens with one attached hydrogen (secondary N) is 1. The molecule has 1 amide bonds. The molecule has 1 aromatic heterocycles. The fraction of sp³-hybridized carbons (Fsp3) is 0.235. The van der Waals surface area contributed by atoms with Crippen LogP contribution < -0.4 is 5.32 Å². The Bertz CT molecular complexity index is 844. The summed E-state index contributed by atoms with van der Waals surface area (Å²) >= 11 is 0. The number of hydrogen-bond acceptors (Lipinski definition) is 4. The van der Waals surface area contributed by atoms with Crippen molar-refractivity contribution >= 4 is 23.6 Å². The number of halogens is 2. The van der Waals surface area contributed by atoms with Crippen molar-refractivity contribution in [2.45, 2.75) is 13.8 Å². The number of amides is 1. The van der Waals surface area contributed by atoms with Gasteiger partial charge in [-0.2, -0.15) is 5.10 Å². The van der Waals surface area contributed by atoms with Crippen LogP contribution in [-0.4, -0.2) is 28.3 Å². The molecule has 8 heteroatoms. The number of rotatable bonds is 5. The van der Waals surface area contributed by atoms with E-state index in [4.69, 9.17) is 4.74 Å². The molecule has 1 heterocycles. The van der Waals surface area contributed by atoms with Crippen molar-refractivity contribution < 1.29 is 23.1 Å². The molecule has 0 aliphatic rings. The van der Waals surface area contributed by atoms with E-state index in [1.807, 2.05) is 13.8 Å². The molecule has 0 saturated heterocycles. The van der Waals surface area contributed by atoms with E-state index < -0.39 is 30.1 Å². The van der Waals surface area contributed by atoms with Gasteiger partial charge in [-0.25, -0.2) is 13.6 Å². The van der Waals surface area contributed by atoms with Gasteiger partial charge in [-0.05, 0) is 32.1 Å². The Morgan fingerprint density at radius 3 is 2.60 bits per heavy atom. The van der Waals surface area contributed by atoms with Gasteiger partial charge in [0.05, 0.1) is 5.69 Å². The van der Waals surface area contributed by atoms with E-state index in [0.717, 1.165) is 29.1 Å². The molecule has 0 radical (unpaired) electrons. The normalized spacial score (nSPS) is 10.9. The molecule has 2 aromatic rings. The molecule has 2 rings (SSSR count). The summed E-state index contributed by atoms with van der Waals surface area (Å²) in [5.41, 5.74) is 2.51. The maximum atomic E-state index is 13.0. The lowest BCUT2D eigenvalue weighted by molar-refractivity contribution is -0.142. The predicted molar refractivity (Wildman–Crippen MR) is 87.7 cm³/mol. The smallest absolute Gasteiger partial charge is 0.331 e. The Morgan fingerprint density at radius 2 is 2.00 bits per heavy atom. The highest BCUT2D eigenvalue weighted by molar-refractivity contribution is 5.94. The van der Waals surface area contributed by atoms with Crippen molar-refractivity contribution in [3.63, 3.8) is 0 Å². The Hall–Kier alpha value is -3.03. The minimum absolute atomic E-state index is 0.0668. The van der Waals surface area contributed by atoms with E-state index in [1.54, 1.807) is 17.8 Å². The highest BCUT2D eigenvalue weighted by Crippen LogP contribution is 2.14. The Kier molecular flexibility index (Phi) is 5.63. The molecular formula is C17H17F2N3O3. The fourth-order valence-electron chi connectivity index (χ4n) is 2.14. The van der Waals surface area contributed by atoms with E-state index in [9.17, 15) is 18.4 Å². The van der Waals surface area contributed by atoms with Crippen LogP contribution in [0.1, 0.15) is 17.0 Å². The van der Waals surface area contributed by atoms with Crippen molar-refractivity contribution in [3.05, 3.63) is 52.9 Å². The van der Waals surface area contributed by atoms with Crippen LogP contribution in [0.25, 0.3) is 6.08 Å². The predicted octanol–water partition coefficient (Wildman–Crippen LogP) is 2.51. The number of benzene rings is 1. The number of aryl methyl sites for hydroxylation is 2. The largest absolute Gasteiger partial charge is 0.452 e. The van der Waals surface area contributed by atoms with Crippen LogP contribution in [-0.2, 0) is 21.4 Å². The molecule has 1 aromatic carbocycles. The summed E-state index contributed by atoms with van der Waals surface area (Å²) in [6.45, 7) is 3.13. The molecule has 0 bridgehead atoms. The quantitative estimate of drug-likeness (QED) is 0.665. The maximum Gasteiger partial charge on any atom is 0.331 e. The van der Waals surface area contributed by atoms with Gasteiger partial charge in [0.1, 0.15) is 0 Å². The van der Waals surface area contributed by atoms with Gasteiger partial charge in [0.25, 0.3) is 5.91 Å². The van der Waals surface area contributed by atoms with E-state index in [0.29, 0.717) is 0 Å². The maximum absolute atomic E-state index is 13.0. The zero-order valence-electron chi connectivity index (χ0n) is 14.0. The number of carbonyl (C=O) groups is 2. The van der Waals surface area contributed by atoms with Crippen LogP contribution in [0.15, 0.2) is 24.3 Å². The first-order valence-corrected chi connectivity index (χ1v) is 7.38. The van der Waals surface area contributed by atoms with Gasteiger partial charge in [0, 0.05) is 36.1 Å². The zero-order valence-corrected chi connectivity index (χ0v) is 14.0. The molecule has 0 aliphatic carbocycles. The second-order valence-corrected chi connectivity index (χ2v) is 5.33. The molecule has 0 atom stereocenters. The summed E-state index contributed by atoms with van der Waals surface area (Å²) in [5, 5.41) is 6.52. The lowest BCUT2D eigenvalue weighted by Crippen LogP contribution is -2.20. The van der Waals surface area contributed by atoms with Crippen molar-refractivity contribution in [2.75, 3.05) is 11.9 Å². The van der Waals surface area contributed by atoms with Gasteiger partial charge in [-0.1, -0.05) is 0 Å². The Morgan fingerprint density at radius 1 is 1.28 bits per heavy atom. The minimum Gasteiger partial charge on any atom is -0.452 e. The van der Waals surface area contributed by atoms with E-state index in [1.165, 1.54) is 12.1 Å². The number of aromatic nitrogens is 2. The Balaban J connectivity index is 1.87. The second-order valence-electron chi connectivity index (χ2n) is 5.33. The SMILES string of the molecule is Cc1nn(C)c(C)c1/C=C/C(=O)OCC(=O)Nc1ccc(F)c(F)c1. The summed E-state index contributed by atoms with van der Waals surface area (Å²) in [5.74, 6) is -3.47. The van der Waals surface area contributed by atoms with Crippen LogP contribution in [0, 0.1) is 25.5 Å². The lowest BCUT2D eigenvalue weighted by Gasteiger charge is -2.05. The summed E-state index contributed by atoms with van der Waals surface area (Å²) in [6.07, 6.45) is 2.76. The number of esters is 1. The number of carbonyl (C=O) groups excluding carboxylic acids is 2. The highest BCUT2D eigenvalue weighted by Gasteiger charge is 2.10.